The Labute approximate surface area is 141 Å². The first-order valence-corrected chi connectivity index (χ1v) is 8.67. The van der Waals surface area contributed by atoms with Crippen LogP contribution in [0.25, 0.3) is 0 Å². The second-order valence-electron chi connectivity index (χ2n) is 6.80. The van der Waals surface area contributed by atoms with E-state index in [1.54, 1.807) is 4.90 Å². The molecule has 0 bridgehead atoms. The number of rotatable bonds is 4. The third kappa shape index (κ3) is 2.30. The standard InChI is InChI=1S/C19H22N2O3/c1-2-17(22)21(15-5-6-16-14(13-15)7-12-24-16)19(8-9-19)18(23)20-10-3-4-11-20/h2,5-6,13H,1,3-4,7-12H2. The van der Waals surface area contributed by atoms with E-state index in [0.29, 0.717) is 6.61 Å². The second kappa shape index (κ2) is 5.65. The van der Waals surface area contributed by atoms with Crippen molar-refractivity contribution in [2.24, 2.45) is 0 Å². The van der Waals surface area contributed by atoms with Gasteiger partial charge < -0.3 is 9.64 Å². The van der Waals surface area contributed by atoms with Crippen molar-refractivity contribution >= 4 is 17.5 Å². The molecule has 0 aromatic heterocycles. The fourth-order valence-corrected chi connectivity index (χ4v) is 3.85. The second-order valence-corrected chi connectivity index (χ2v) is 6.80. The van der Waals surface area contributed by atoms with Crippen molar-refractivity contribution in [3.63, 3.8) is 0 Å². The summed E-state index contributed by atoms with van der Waals surface area (Å²) in [6, 6.07) is 5.77. The van der Waals surface area contributed by atoms with Crippen molar-refractivity contribution < 1.29 is 14.3 Å². The van der Waals surface area contributed by atoms with E-state index in [0.717, 1.165) is 62.2 Å². The van der Waals surface area contributed by atoms with Crippen LogP contribution in [0.4, 0.5) is 5.69 Å². The molecule has 0 N–H and O–H groups in total. The van der Waals surface area contributed by atoms with Crippen LogP contribution in [0.1, 0.15) is 31.2 Å². The lowest BCUT2D eigenvalue weighted by molar-refractivity contribution is -0.134. The monoisotopic (exact) mass is 326 g/mol. The zero-order valence-electron chi connectivity index (χ0n) is 13.8. The number of anilines is 1. The molecule has 2 heterocycles. The molecule has 2 aliphatic heterocycles. The summed E-state index contributed by atoms with van der Waals surface area (Å²) in [4.78, 5) is 29.3. The molecular formula is C19H22N2O3. The van der Waals surface area contributed by atoms with Crippen LogP contribution in [-0.2, 0) is 16.0 Å². The highest BCUT2D eigenvalue weighted by molar-refractivity contribution is 6.09. The molecule has 5 heteroatoms. The van der Waals surface area contributed by atoms with Crippen LogP contribution in [0.2, 0.25) is 0 Å². The van der Waals surface area contributed by atoms with Crippen molar-refractivity contribution in [2.45, 2.75) is 37.6 Å². The molecule has 24 heavy (non-hydrogen) atoms. The Kier molecular flexibility index (Phi) is 3.59. The summed E-state index contributed by atoms with van der Waals surface area (Å²) in [7, 11) is 0. The Morgan fingerprint density at radius 2 is 2.00 bits per heavy atom. The molecule has 0 radical (unpaired) electrons. The highest BCUT2D eigenvalue weighted by Gasteiger charge is 2.58. The summed E-state index contributed by atoms with van der Waals surface area (Å²) in [5, 5.41) is 0. The summed E-state index contributed by atoms with van der Waals surface area (Å²) in [5.41, 5.74) is 1.15. The Morgan fingerprint density at radius 3 is 2.67 bits per heavy atom. The summed E-state index contributed by atoms with van der Waals surface area (Å²) in [6.45, 7) is 5.91. The smallest absolute Gasteiger partial charge is 0.251 e. The first-order chi connectivity index (χ1) is 11.7. The first kappa shape index (κ1) is 15.2. The lowest BCUT2D eigenvalue weighted by Crippen LogP contribution is -2.52. The van der Waals surface area contributed by atoms with E-state index in [4.69, 9.17) is 4.74 Å². The van der Waals surface area contributed by atoms with Gasteiger partial charge >= 0.3 is 0 Å². The number of nitrogens with zero attached hydrogens (tertiary/aromatic N) is 2. The lowest BCUT2D eigenvalue weighted by atomic mass is 10.1. The molecule has 2 fully saturated rings. The number of amides is 2. The highest BCUT2D eigenvalue weighted by atomic mass is 16.5. The fraction of sp³-hybridized carbons (Fsp3) is 0.474. The van der Waals surface area contributed by atoms with Gasteiger partial charge in [-0.3, -0.25) is 14.5 Å². The van der Waals surface area contributed by atoms with Crippen molar-refractivity contribution in [2.75, 3.05) is 24.6 Å². The molecular weight excluding hydrogens is 304 g/mol. The normalized spacial score (nSPS) is 20.2. The van der Waals surface area contributed by atoms with Gasteiger partial charge in [0, 0.05) is 25.2 Å². The molecule has 1 saturated carbocycles. The average molecular weight is 326 g/mol. The molecule has 1 saturated heterocycles. The number of benzene rings is 1. The molecule has 126 valence electrons. The van der Waals surface area contributed by atoms with Gasteiger partial charge in [-0.2, -0.15) is 0 Å². The topological polar surface area (TPSA) is 49.9 Å². The Balaban J connectivity index is 1.70. The molecule has 3 aliphatic rings. The summed E-state index contributed by atoms with van der Waals surface area (Å²) >= 11 is 0. The molecule has 0 unspecified atom stereocenters. The quantitative estimate of drug-likeness (QED) is 0.798. The van der Waals surface area contributed by atoms with Crippen LogP contribution < -0.4 is 9.64 Å². The first-order valence-electron chi connectivity index (χ1n) is 8.67. The molecule has 4 rings (SSSR count). The predicted octanol–water partition coefficient (Wildman–Crippen LogP) is 2.30. The van der Waals surface area contributed by atoms with Crippen LogP contribution in [-0.4, -0.2) is 41.9 Å². The fourth-order valence-electron chi connectivity index (χ4n) is 3.85. The largest absolute Gasteiger partial charge is 0.493 e. The minimum atomic E-state index is -0.719. The number of ether oxygens (including phenoxy) is 1. The number of likely N-dealkylation sites (tertiary alicyclic amines) is 1. The molecule has 2 amide bonds. The van der Waals surface area contributed by atoms with E-state index in [1.165, 1.54) is 6.08 Å². The molecule has 5 nitrogen and oxygen atoms in total. The van der Waals surface area contributed by atoms with Crippen molar-refractivity contribution in [1.82, 2.24) is 4.90 Å². The van der Waals surface area contributed by atoms with Crippen LogP contribution in [0.3, 0.4) is 0 Å². The van der Waals surface area contributed by atoms with Gasteiger partial charge in [-0.05, 0) is 55.5 Å². The van der Waals surface area contributed by atoms with Gasteiger partial charge in [0.1, 0.15) is 11.3 Å². The van der Waals surface area contributed by atoms with Crippen LogP contribution >= 0.6 is 0 Å². The van der Waals surface area contributed by atoms with Gasteiger partial charge in [-0.1, -0.05) is 6.58 Å². The maximum atomic E-state index is 13.1. The Hall–Kier alpha value is -2.30. The third-order valence-electron chi connectivity index (χ3n) is 5.27. The third-order valence-corrected chi connectivity index (χ3v) is 5.27. The van der Waals surface area contributed by atoms with E-state index < -0.39 is 5.54 Å². The average Bonchev–Trinajstić information content (AvgIpc) is 3.03. The number of hydrogen-bond donors (Lipinski definition) is 0. The van der Waals surface area contributed by atoms with Crippen LogP contribution in [0, 0.1) is 0 Å². The Bertz CT molecular complexity index is 703. The summed E-state index contributed by atoms with van der Waals surface area (Å²) < 4.78 is 5.55. The van der Waals surface area contributed by atoms with Gasteiger partial charge in [0.2, 0.25) is 5.91 Å². The van der Waals surface area contributed by atoms with E-state index in [1.807, 2.05) is 23.1 Å². The van der Waals surface area contributed by atoms with E-state index >= 15 is 0 Å². The predicted molar refractivity (Wildman–Crippen MR) is 91.1 cm³/mol. The highest BCUT2D eigenvalue weighted by Crippen LogP contribution is 2.47. The van der Waals surface area contributed by atoms with Crippen molar-refractivity contribution in [3.05, 3.63) is 36.4 Å². The van der Waals surface area contributed by atoms with Crippen LogP contribution in [0.15, 0.2) is 30.9 Å². The van der Waals surface area contributed by atoms with E-state index in [2.05, 4.69) is 6.58 Å². The molecule has 0 spiro atoms. The number of hydrogen-bond acceptors (Lipinski definition) is 3. The zero-order valence-corrected chi connectivity index (χ0v) is 13.8. The summed E-state index contributed by atoms with van der Waals surface area (Å²) in [5.74, 6) is 0.756. The molecule has 1 aliphatic carbocycles. The van der Waals surface area contributed by atoms with Crippen molar-refractivity contribution in [3.8, 4) is 5.75 Å². The summed E-state index contributed by atoms with van der Waals surface area (Å²) in [6.07, 6.45) is 5.68. The SMILES string of the molecule is C=CC(=O)N(c1ccc2c(c1)CCO2)C1(C(=O)N2CCCC2)CC1. The maximum absolute atomic E-state index is 13.1. The van der Waals surface area contributed by atoms with Gasteiger partial charge in [0.25, 0.3) is 5.91 Å². The van der Waals surface area contributed by atoms with Gasteiger partial charge in [0.05, 0.1) is 6.61 Å². The number of fused-ring (bicyclic) bond motifs is 1. The zero-order chi connectivity index (χ0) is 16.7. The lowest BCUT2D eigenvalue weighted by Gasteiger charge is -2.33. The van der Waals surface area contributed by atoms with Crippen molar-refractivity contribution in [1.29, 1.82) is 0 Å². The van der Waals surface area contributed by atoms with Gasteiger partial charge in [-0.25, -0.2) is 0 Å². The molecule has 1 aromatic rings. The van der Waals surface area contributed by atoms with Gasteiger partial charge in [0.15, 0.2) is 0 Å². The molecule has 0 atom stereocenters. The van der Waals surface area contributed by atoms with Crippen LogP contribution in [0.5, 0.6) is 5.75 Å². The Morgan fingerprint density at radius 1 is 1.25 bits per heavy atom. The minimum Gasteiger partial charge on any atom is -0.493 e. The number of carbonyl (C=O) groups excluding carboxylic acids is 2. The minimum absolute atomic E-state index is 0.0898. The molecule has 1 aromatic carbocycles. The maximum Gasteiger partial charge on any atom is 0.251 e. The van der Waals surface area contributed by atoms with E-state index in [-0.39, 0.29) is 11.8 Å². The van der Waals surface area contributed by atoms with Gasteiger partial charge in [-0.15, -0.1) is 0 Å². The van der Waals surface area contributed by atoms with E-state index in [9.17, 15) is 9.59 Å². The number of carbonyl (C=O) groups is 2.